The van der Waals surface area contributed by atoms with Crippen molar-refractivity contribution in [1.82, 2.24) is 0 Å². The lowest BCUT2D eigenvalue weighted by Crippen LogP contribution is -2.02. The number of rotatable bonds is 6. The average molecular weight is 294 g/mol. The molecule has 0 aliphatic rings. The molecule has 0 bridgehead atoms. The van der Waals surface area contributed by atoms with Gasteiger partial charge in [0.05, 0.1) is 12.0 Å². The van der Waals surface area contributed by atoms with Crippen molar-refractivity contribution in [3.05, 3.63) is 42.2 Å². The zero-order valence-corrected chi connectivity index (χ0v) is 12.4. The summed E-state index contributed by atoms with van der Waals surface area (Å²) in [5.74, 6) is 0.693. The van der Waals surface area contributed by atoms with Crippen LogP contribution in [0.4, 0.5) is 0 Å². The third kappa shape index (κ3) is 2.88. The Morgan fingerprint density at radius 3 is 2.50 bits per heavy atom. The Balaban J connectivity index is 2.43. The van der Waals surface area contributed by atoms with Crippen LogP contribution in [0, 0.1) is 0 Å². The van der Waals surface area contributed by atoms with E-state index >= 15 is 0 Å². The summed E-state index contributed by atoms with van der Waals surface area (Å²) in [6, 6.07) is 9.85. The third-order valence-electron chi connectivity index (χ3n) is 3.02. The zero-order chi connectivity index (χ0) is 14.6. The molecule has 0 aliphatic heterocycles. The molecule has 0 radical (unpaired) electrons. The van der Waals surface area contributed by atoms with Crippen LogP contribution in [-0.4, -0.2) is 15.5 Å². The Hall–Kier alpha value is -1.75. The van der Waals surface area contributed by atoms with E-state index in [1.807, 2.05) is 0 Å². The molecular formula is C15H18O4S. The first-order valence-corrected chi connectivity index (χ1v) is 8.04. The summed E-state index contributed by atoms with van der Waals surface area (Å²) in [6.07, 6.45) is 2.67. The molecule has 0 saturated heterocycles. The van der Waals surface area contributed by atoms with Crippen molar-refractivity contribution in [2.24, 2.45) is 0 Å². The molecule has 0 amide bonds. The number of furan rings is 1. The zero-order valence-electron chi connectivity index (χ0n) is 11.6. The Bertz CT molecular complexity index is 656. The van der Waals surface area contributed by atoms with E-state index in [-0.39, 0.29) is 15.7 Å². The number of hydrogen-bond acceptors (Lipinski definition) is 4. The number of ether oxygens (including phenoxy) is 1. The number of hydrogen-bond donors (Lipinski definition) is 0. The van der Waals surface area contributed by atoms with Crippen LogP contribution >= 0.6 is 0 Å². The van der Waals surface area contributed by atoms with Crippen molar-refractivity contribution in [2.45, 2.75) is 36.0 Å². The van der Waals surface area contributed by atoms with Crippen LogP contribution < -0.4 is 4.74 Å². The Labute approximate surface area is 119 Å². The van der Waals surface area contributed by atoms with Crippen LogP contribution in [0.15, 0.2) is 50.6 Å². The minimum atomic E-state index is -3.60. The second-order valence-corrected chi connectivity index (χ2v) is 6.41. The molecule has 5 heteroatoms. The highest BCUT2D eigenvalue weighted by Crippen LogP contribution is 2.33. The number of aryl methyl sites for hydroxylation is 1. The molecule has 0 spiro atoms. The Morgan fingerprint density at radius 1 is 1.20 bits per heavy atom. The minimum Gasteiger partial charge on any atom is -0.468 e. The number of methoxy groups -OCH3 is 1. The van der Waals surface area contributed by atoms with Gasteiger partial charge in [-0.2, -0.15) is 0 Å². The summed E-state index contributed by atoms with van der Waals surface area (Å²) in [5.41, 5.74) is 0. The van der Waals surface area contributed by atoms with Gasteiger partial charge >= 0.3 is 5.95 Å². The second-order valence-electron chi connectivity index (χ2n) is 4.49. The molecule has 0 N–H and O–H groups in total. The maximum atomic E-state index is 12.6. The van der Waals surface area contributed by atoms with Crippen LogP contribution in [0.5, 0.6) is 5.95 Å². The fourth-order valence-corrected chi connectivity index (χ4v) is 3.33. The molecule has 0 saturated carbocycles. The van der Waals surface area contributed by atoms with Gasteiger partial charge in [-0.3, -0.25) is 0 Å². The molecule has 1 heterocycles. The highest BCUT2D eigenvalue weighted by Gasteiger charge is 2.26. The van der Waals surface area contributed by atoms with Crippen LogP contribution in [0.3, 0.4) is 0 Å². The fourth-order valence-electron chi connectivity index (χ4n) is 1.93. The topological polar surface area (TPSA) is 56.5 Å². The normalized spacial score (nSPS) is 11.5. The van der Waals surface area contributed by atoms with Gasteiger partial charge in [0.2, 0.25) is 9.84 Å². The summed E-state index contributed by atoms with van der Waals surface area (Å²) in [6.45, 7) is 2.07. The summed E-state index contributed by atoms with van der Waals surface area (Å²) in [5, 5.41) is 0. The Morgan fingerprint density at radius 2 is 1.90 bits per heavy atom. The van der Waals surface area contributed by atoms with E-state index in [2.05, 4.69) is 6.92 Å². The maximum Gasteiger partial charge on any atom is 0.304 e. The van der Waals surface area contributed by atoms with Gasteiger partial charge in [0.25, 0.3) is 0 Å². The predicted octanol–water partition coefficient (Wildman–Crippen LogP) is 3.46. The van der Waals surface area contributed by atoms with Crippen molar-refractivity contribution in [2.75, 3.05) is 7.11 Å². The molecule has 1 aromatic carbocycles. The van der Waals surface area contributed by atoms with Gasteiger partial charge in [-0.25, -0.2) is 8.42 Å². The first-order valence-electron chi connectivity index (χ1n) is 6.56. The van der Waals surface area contributed by atoms with Crippen LogP contribution in [0.1, 0.15) is 25.5 Å². The van der Waals surface area contributed by atoms with Gasteiger partial charge in [0, 0.05) is 12.5 Å². The van der Waals surface area contributed by atoms with Crippen molar-refractivity contribution in [3.8, 4) is 5.95 Å². The van der Waals surface area contributed by atoms with Gasteiger partial charge < -0.3 is 9.15 Å². The second kappa shape index (κ2) is 6.13. The molecule has 4 nitrogen and oxygen atoms in total. The predicted molar refractivity (Wildman–Crippen MR) is 75.8 cm³/mol. The molecule has 0 fully saturated rings. The van der Waals surface area contributed by atoms with Gasteiger partial charge in [0.1, 0.15) is 5.76 Å². The lowest BCUT2D eigenvalue weighted by Gasteiger charge is -2.03. The van der Waals surface area contributed by atoms with E-state index in [1.165, 1.54) is 7.11 Å². The summed E-state index contributed by atoms with van der Waals surface area (Å²) < 4.78 is 35.7. The largest absolute Gasteiger partial charge is 0.468 e. The maximum absolute atomic E-state index is 12.6. The molecule has 0 aliphatic carbocycles. The van der Waals surface area contributed by atoms with Gasteiger partial charge in [-0.15, -0.1) is 0 Å². The molecule has 20 heavy (non-hydrogen) atoms. The summed E-state index contributed by atoms with van der Waals surface area (Å²) in [4.78, 5) is 0.332. The lowest BCUT2D eigenvalue weighted by atomic mass is 10.2. The number of sulfone groups is 1. The monoisotopic (exact) mass is 294 g/mol. The fraction of sp³-hybridized carbons (Fsp3) is 0.333. The SMILES string of the molecule is CCCCc1cc(S(=O)(=O)c2ccccc2)c(OC)o1. The number of benzene rings is 1. The van der Waals surface area contributed by atoms with Crippen molar-refractivity contribution >= 4 is 9.84 Å². The van der Waals surface area contributed by atoms with Crippen molar-refractivity contribution < 1.29 is 17.6 Å². The summed E-state index contributed by atoms with van der Waals surface area (Å²) in [7, 11) is -2.20. The average Bonchev–Trinajstić information content (AvgIpc) is 2.90. The molecular weight excluding hydrogens is 276 g/mol. The van der Waals surface area contributed by atoms with E-state index < -0.39 is 9.84 Å². The van der Waals surface area contributed by atoms with E-state index in [0.29, 0.717) is 12.2 Å². The molecule has 1 aromatic heterocycles. The summed E-state index contributed by atoms with van der Waals surface area (Å²) >= 11 is 0. The van der Waals surface area contributed by atoms with E-state index in [9.17, 15) is 8.42 Å². The van der Waals surface area contributed by atoms with E-state index in [1.54, 1.807) is 36.4 Å². The van der Waals surface area contributed by atoms with Crippen LogP contribution in [0.25, 0.3) is 0 Å². The first kappa shape index (κ1) is 14.7. The van der Waals surface area contributed by atoms with Gasteiger partial charge in [0.15, 0.2) is 4.90 Å². The molecule has 2 rings (SSSR count). The third-order valence-corrected chi connectivity index (χ3v) is 4.78. The van der Waals surface area contributed by atoms with E-state index in [4.69, 9.17) is 9.15 Å². The molecule has 0 unspecified atom stereocenters. The Kier molecular flexibility index (Phi) is 4.49. The number of unbranched alkanes of at least 4 members (excludes halogenated alkanes) is 1. The van der Waals surface area contributed by atoms with Gasteiger partial charge in [-0.05, 0) is 18.6 Å². The first-order chi connectivity index (χ1) is 9.59. The molecule has 0 atom stereocenters. The standard InChI is InChI=1S/C15H18O4S/c1-3-4-8-12-11-14(15(18-2)19-12)20(16,17)13-9-6-5-7-10-13/h5-7,9-11H,3-4,8H2,1-2H3. The highest BCUT2D eigenvalue weighted by molar-refractivity contribution is 7.91. The highest BCUT2D eigenvalue weighted by atomic mass is 32.2. The van der Waals surface area contributed by atoms with Crippen LogP contribution in [-0.2, 0) is 16.3 Å². The molecule has 108 valence electrons. The van der Waals surface area contributed by atoms with Crippen molar-refractivity contribution in [3.63, 3.8) is 0 Å². The van der Waals surface area contributed by atoms with Crippen LogP contribution in [0.2, 0.25) is 0 Å². The lowest BCUT2D eigenvalue weighted by molar-refractivity contribution is 0.284. The van der Waals surface area contributed by atoms with Crippen molar-refractivity contribution in [1.29, 1.82) is 0 Å². The smallest absolute Gasteiger partial charge is 0.304 e. The van der Waals surface area contributed by atoms with E-state index in [0.717, 1.165) is 12.8 Å². The minimum absolute atomic E-state index is 0.0555. The quantitative estimate of drug-likeness (QED) is 0.818. The van der Waals surface area contributed by atoms with Gasteiger partial charge in [-0.1, -0.05) is 31.5 Å². The molecule has 2 aromatic rings.